The summed E-state index contributed by atoms with van der Waals surface area (Å²) in [5, 5.41) is 12.6. The minimum Gasteiger partial charge on any atom is -0.497 e. The molecule has 0 radical (unpaired) electrons. The first kappa shape index (κ1) is 11.8. The van der Waals surface area contributed by atoms with Gasteiger partial charge >= 0.3 is 0 Å². The summed E-state index contributed by atoms with van der Waals surface area (Å²) < 4.78 is 5.45. The van der Waals surface area contributed by atoms with Crippen LogP contribution in [-0.4, -0.2) is 12.6 Å². The highest BCUT2D eigenvalue weighted by Gasteiger charge is 2.10. The lowest BCUT2D eigenvalue weighted by Gasteiger charge is -2.20. The summed E-state index contributed by atoms with van der Waals surface area (Å²) in [6.07, 6.45) is 6.03. The van der Waals surface area contributed by atoms with Gasteiger partial charge < -0.3 is 10.1 Å². The molecule has 1 aliphatic heterocycles. The van der Waals surface area contributed by atoms with Crippen molar-refractivity contribution in [3.8, 4) is 6.07 Å². The normalized spacial score (nSPS) is 18.2. The van der Waals surface area contributed by atoms with Gasteiger partial charge in [-0.3, -0.25) is 0 Å². The monoisotopic (exact) mass is 248 g/mol. The van der Waals surface area contributed by atoms with Crippen LogP contribution in [0, 0.1) is 11.3 Å². The molecule has 1 aromatic carbocycles. The van der Waals surface area contributed by atoms with Gasteiger partial charge in [-0.2, -0.15) is 5.26 Å². The maximum absolute atomic E-state index is 8.86. The zero-order valence-corrected chi connectivity index (χ0v) is 10.1. The SMILES string of the molecule is N#Cc1cc(NCC2CCC=CO2)ccc1Cl. The van der Waals surface area contributed by atoms with Crippen molar-refractivity contribution in [2.24, 2.45) is 0 Å². The summed E-state index contributed by atoms with van der Waals surface area (Å²) in [5.74, 6) is 0. The van der Waals surface area contributed by atoms with Crippen LogP contribution >= 0.6 is 11.6 Å². The number of nitriles is 1. The molecule has 1 N–H and O–H groups in total. The van der Waals surface area contributed by atoms with E-state index in [1.54, 1.807) is 18.4 Å². The molecule has 0 saturated heterocycles. The molecule has 1 atom stereocenters. The van der Waals surface area contributed by atoms with E-state index in [4.69, 9.17) is 21.6 Å². The first-order valence-electron chi connectivity index (χ1n) is 5.53. The lowest BCUT2D eigenvalue weighted by atomic mass is 10.1. The molecule has 0 amide bonds. The van der Waals surface area contributed by atoms with E-state index in [2.05, 4.69) is 11.4 Å². The van der Waals surface area contributed by atoms with Gasteiger partial charge in [0.15, 0.2) is 0 Å². The van der Waals surface area contributed by atoms with Gasteiger partial charge in [0.1, 0.15) is 12.2 Å². The maximum Gasteiger partial charge on any atom is 0.115 e. The van der Waals surface area contributed by atoms with E-state index in [9.17, 15) is 0 Å². The summed E-state index contributed by atoms with van der Waals surface area (Å²) in [5.41, 5.74) is 1.38. The van der Waals surface area contributed by atoms with Crippen molar-refractivity contribution < 1.29 is 4.74 Å². The van der Waals surface area contributed by atoms with Crippen molar-refractivity contribution in [1.29, 1.82) is 5.26 Å². The smallest absolute Gasteiger partial charge is 0.115 e. The number of anilines is 1. The fourth-order valence-electron chi connectivity index (χ4n) is 1.69. The zero-order chi connectivity index (χ0) is 12.1. The predicted molar refractivity (Wildman–Crippen MR) is 67.9 cm³/mol. The van der Waals surface area contributed by atoms with Gasteiger partial charge in [0.25, 0.3) is 0 Å². The summed E-state index contributed by atoms with van der Waals surface area (Å²) >= 11 is 5.86. The highest BCUT2D eigenvalue weighted by molar-refractivity contribution is 6.31. The molecule has 0 aliphatic carbocycles. The van der Waals surface area contributed by atoms with Crippen LogP contribution in [0.5, 0.6) is 0 Å². The number of benzene rings is 1. The van der Waals surface area contributed by atoms with Gasteiger partial charge in [0.05, 0.1) is 23.4 Å². The number of rotatable bonds is 3. The first-order valence-corrected chi connectivity index (χ1v) is 5.91. The summed E-state index contributed by atoms with van der Waals surface area (Å²) in [6.45, 7) is 0.733. The molecule has 2 rings (SSSR count). The summed E-state index contributed by atoms with van der Waals surface area (Å²) in [4.78, 5) is 0. The molecular formula is C13H13ClN2O. The number of halogens is 1. The number of hydrogen-bond donors (Lipinski definition) is 1. The summed E-state index contributed by atoms with van der Waals surface area (Å²) in [7, 11) is 0. The fourth-order valence-corrected chi connectivity index (χ4v) is 1.85. The van der Waals surface area contributed by atoms with Gasteiger partial charge in [-0.1, -0.05) is 11.6 Å². The van der Waals surface area contributed by atoms with Crippen molar-refractivity contribution in [3.05, 3.63) is 41.1 Å². The van der Waals surface area contributed by atoms with Crippen LogP contribution < -0.4 is 5.32 Å². The van der Waals surface area contributed by atoms with E-state index >= 15 is 0 Å². The van der Waals surface area contributed by atoms with Gasteiger partial charge in [0, 0.05) is 5.69 Å². The highest BCUT2D eigenvalue weighted by atomic mass is 35.5. The van der Waals surface area contributed by atoms with Gasteiger partial charge in [-0.25, -0.2) is 0 Å². The molecule has 88 valence electrons. The largest absolute Gasteiger partial charge is 0.497 e. The highest BCUT2D eigenvalue weighted by Crippen LogP contribution is 2.20. The molecule has 1 heterocycles. The molecule has 0 fully saturated rings. The Morgan fingerprint density at radius 1 is 1.53 bits per heavy atom. The van der Waals surface area contributed by atoms with E-state index in [0.29, 0.717) is 10.6 Å². The third kappa shape index (κ3) is 3.15. The Hall–Kier alpha value is -1.66. The van der Waals surface area contributed by atoms with Crippen LogP contribution in [0.4, 0.5) is 5.69 Å². The first-order chi connectivity index (χ1) is 8.29. The van der Waals surface area contributed by atoms with Crippen LogP contribution in [0.1, 0.15) is 18.4 Å². The molecule has 0 saturated carbocycles. The van der Waals surface area contributed by atoms with Crippen LogP contribution in [0.2, 0.25) is 5.02 Å². The van der Waals surface area contributed by atoms with E-state index in [-0.39, 0.29) is 6.10 Å². The number of ether oxygens (including phenoxy) is 1. The fraction of sp³-hybridized carbons (Fsp3) is 0.308. The molecule has 4 heteroatoms. The third-order valence-electron chi connectivity index (χ3n) is 2.64. The van der Waals surface area contributed by atoms with Crippen LogP contribution in [-0.2, 0) is 4.74 Å². The molecule has 0 bridgehead atoms. The Kier molecular flexibility index (Phi) is 3.89. The quantitative estimate of drug-likeness (QED) is 0.893. The van der Waals surface area contributed by atoms with E-state index in [1.165, 1.54) is 0 Å². The summed E-state index contributed by atoms with van der Waals surface area (Å²) in [6, 6.07) is 7.40. The molecular weight excluding hydrogens is 236 g/mol. The number of nitrogens with zero attached hydrogens (tertiary/aromatic N) is 1. The Morgan fingerprint density at radius 3 is 3.12 bits per heavy atom. The van der Waals surface area contributed by atoms with E-state index < -0.39 is 0 Å². The second kappa shape index (κ2) is 5.60. The molecule has 1 unspecified atom stereocenters. The Balaban J connectivity index is 1.95. The van der Waals surface area contributed by atoms with Crippen molar-refractivity contribution in [1.82, 2.24) is 0 Å². The van der Waals surface area contributed by atoms with Gasteiger partial charge in [-0.05, 0) is 37.1 Å². The predicted octanol–water partition coefficient (Wildman–Crippen LogP) is 3.32. The van der Waals surface area contributed by atoms with Crippen LogP contribution in [0.3, 0.4) is 0 Å². The lowest BCUT2D eigenvalue weighted by molar-refractivity contribution is 0.135. The van der Waals surface area contributed by atoms with Crippen molar-refractivity contribution >= 4 is 17.3 Å². The minimum absolute atomic E-state index is 0.196. The number of hydrogen-bond acceptors (Lipinski definition) is 3. The molecule has 1 aliphatic rings. The van der Waals surface area contributed by atoms with Crippen molar-refractivity contribution in [2.75, 3.05) is 11.9 Å². The topological polar surface area (TPSA) is 45.0 Å². The van der Waals surface area contributed by atoms with Gasteiger partial charge in [0.2, 0.25) is 0 Å². The standard InChI is InChI=1S/C13H13ClN2O/c14-13-5-4-11(7-10(13)8-15)16-9-12-3-1-2-6-17-12/h2,4-7,12,16H,1,3,9H2. The second-order valence-corrected chi connectivity index (χ2v) is 4.30. The number of nitrogens with one attached hydrogen (secondary N) is 1. The van der Waals surface area contributed by atoms with E-state index in [1.807, 2.05) is 12.1 Å². The molecule has 0 aromatic heterocycles. The third-order valence-corrected chi connectivity index (χ3v) is 2.97. The molecule has 17 heavy (non-hydrogen) atoms. The van der Waals surface area contributed by atoms with Crippen molar-refractivity contribution in [2.45, 2.75) is 18.9 Å². The van der Waals surface area contributed by atoms with Crippen LogP contribution in [0.25, 0.3) is 0 Å². The average Bonchev–Trinajstić information content (AvgIpc) is 2.39. The molecule has 0 spiro atoms. The lowest BCUT2D eigenvalue weighted by Crippen LogP contribution is -2.22. The van der Waals surface area contributed by atoms with Gasteiger partial charge in [-0.15, -0.1) is 0 Å². The van der Waals surface area contributed by atoms with Crippen molar-refractivity contribution in [3.63, 3.8) is 0 Å². The zero-order valence-electron chi connectivity index (χ0n) is 9.32. The average molecular weight is 249 g/mol. The second-order valence-electron chi connectivity index (χ2n) is 3.89. The molecule has 1 aromatic rings. The minimum atomic E-state index is 0.196. The maximum atomic E-state index is 8.86. The number of allylic oxidation sites excluding steroid dienone is 1. The molecule has 3 nitrogen and oxygen atoms in total. The Labute approximate surface area is 106 Å². The van der Waals surface area contributed by atoms with Crippen LogP contribution in [0.15, 0.2) is 30.5 Å². The Morgan fingerprint density at radius 2 is 2.41 bits per heavy atom. The van der Waals surface area contributed by atoms with E-state index in [0.717, 1.165) is 25.1 Å². The Bertz CT molecular complexity index is 465.